The van der Waals surface area contributed by atoms with E-state index in [2.05, 4.69) is 37.9 Å². The number of hydrogen-bond donors (Lipinski definition) is 2. The molecule has 0 radical (unpaired) electrons. The molecule has 30 heavy (non-hydrogen) atoms. The number of H-pyrrole nitrogens is 1. The number of ether oxygens (including phenoxy) is 2. The summed E-state index contributed by atoms with van der Waals surface area (Å²) in [5.74, 6) is 2.06. The first-order valence-corrected chi connectivity index (χ1v) is 11.1. The number of aromatic amines is 1. The molecule has 2 N–H and O–H groups in total. The van der Waals surface area contributed by atoms with Crippen molar-refractivity contribution in [3.05, 3.63) is 47.3 Å². The van der Waals surface area contributed by atoms with Gasteiger partial charge in [0.2, 0.25) is 0 Å². The second kappa shape index (κ2) is 9.21. The van der Waals surface area contributed by atoms with Crippen molar-refractivity contribution in [1.29, 1.82) is 0 Å². The largest absolute Gasteiger partial charge is 0.490 e. The number of thiophene rings is 1. The Morgan fingerprint density at radius 2 is 2.07 bits per heavy atom. The zero-order valence-corrected chi connectivity index (χ0v) is 18.0. The SMILES string of the molecule is CCOc1ccc(C(=O)NC2CCN(c3cc(-c4cccs4)[nH]n3)C2)cc1OCC. The van der Waals surface area contributed by atoms with Gasteiger partial charge in [-0.3, -0.25) is 9.89 Å². The summed E-state index contributed by atoms with van der Waals surface area (Å²) in [6.07, 6.45) is 0.877. The van der Waals surface area contributed by atoms with Crippen molar-refractivity contribution in [3.63, 3.8) is 0 Å². The lowest BCUT2D eigenvalue weighted by Crippen LogP contribution is -2.37. The Labute approximate surface area is 180 Å². The van der Waals surface area contributed by atoms with Gasteiger partial charge in [-0.05, 0) is 49.9 Å². The van der Waals surface area contributed by atoms with Crippen LogP contribution in [0.2, 0.25) is 0 Å². The van der Waals surface area contributed by atoms with Crippen LogP contribution in [0, 0.1) is 0 Å². The molecule has 8 heteroatoms. The van der Waals surface area contributed by atoms with E-state index < -0.39 is 0 Å². The lowest BCUT2D eigenvalue weighted by molar-refractivity contribution is 0.0940. The van der Waals surface area contributed by atoms with Gasteiger partial charge in [0.15, 0.2) is 17.3 Å². The van der Waals surface area contributed by atoms with Gasteiger partial charge in [-0.25, -0.2) is 0 Å². The zero-order chi connectivity index (χ0) is 20.9. The number of rotatable bonds is 8. The van der Waals surface area contributed by atoms with Crippen LogP contribution in [0.3, 0.4) is 0 Å². The van der Waals surface area contributed by atoms with E-state index in [0.29, 0.717) is 30.3 Å². The normalized spacial score (nSPS) is 15.9. The maximum absolute atomic E-state index is 12.8. The van der Waals surface area contributed by atoms with Gasteiger partial charge in [0.1, 0.15) is 0 Å². The molecule has 3 heterocycles. The highest BCUT2D eigenvalue weighted by Crippen LogP contribution is 2.29. The fourth-order valence-electron chi connectivity index (χ4n) is 3.58. The van der Waals surface area contributed by atoms with Crippen LogP contribution in [-0.4, -0.2) is 48.4 Å². The lowest BCUT2D eigenvalue weighted by Gasteiger charge is -2.17. The molecule has 1 atom stereocenters. The quantitative estimate of drug-likeness (QED) is 0.570. The average molecular weight is 427 g/mol. The maximum atomic E-state index is 12.8. The Morgan fingerprint density at radius 3 is 2.83 bits per heavy atom. The first-order chi connectivity index (χ1) is 14.7. The molecule has 4 rings (SSSR count). The monoisotopic (exact) mass is 426 g/mol. The van der Waals surface area contributed by atoms with Crippen molar-refractivity contribution >= 4 is 23.1 Å². The molecule has 0 bridgehead atoms. The summed E-state index contributed by atoms with van der Waals surface area (Å²) in [5, 5.41) is 12.7. The maximum Gasteiger partial charge on any atom is 0.251 e. The Bertz CT molecular complexity index is 986. The first-order valence-electron chi connectivity index (χ1n) is 10.2. The molecular formula is C22H26N4O3S. The third-order valence-corrected chi connectivity index (χ3v) is 5.91. The first kappa shape index (κ1) is 20.3. The minimum atomic E-state index is -0.104. The molecule has 7 nitrogen and oxygen atoms in total. The predicted molar refractivity (Wildman–Crippen MR) is 119 cm³/mol. The van der Waals surface area contributed by atoms with E-state index in [1.165, 1.54) is 4.88 Å². The van der Waals surface area contributed by atoms with Crippen molar-refractivity contribution in [1.82, 2.24) is 15.5 Å². The van der Waals surface area contributed by atoms with Crippen LogP contribution in [0.25, 0.3) is 10.6 Å². The molecule has 1 unspecified atom stereocenters. The van der Waals surface area contributed by atoms with Crippen LogP contribution >= 0.6 is 11.3 Å². The van der Waals surface area contributed by atoms with E-state index in [9.17, 15) is 4.79 Å². The van der Waals surface area contributed by atoms with E-state index in [4.69, 9.17) is 9.47 Å². The third-order valence-electron chi connectivity index (χ3n) is 5.00. The van der Waals surface area contributed by atoms with Gasteiger partial charge in [0.05, 0.1) is 23.8 Å². The highest BCUT2D eigenvalue weighted by atomic mass is 32.1. The van der Waals surface area contributed by atoms with Crippen molar-refractivity contribution in [2.24, 2.45) is 0 Å². The summed E-state index contributed by atoms with van der Waals surface area (Å²) in [7, 11) is 0. The fourth-order valence-corrected chi connectivity index (χ4v) is 4.27. The molecule has 158 valence electrons. The zero-order valence-electron chi connectivity index (χ0n) is 17.2. The van der Waals surface area contributed by atoms with Crippen LogP contribution in [0.15, 0.2) is 41.8 Å². The summed E-state index contributed by atoms with van der Waals surface area (Å²) in [6, 6.07) is 11.6. The van der Waals surface area contributed by atoms with E-state index >= 15 is 0 Å². The Hall–Kier alpha value is -3.00. The third kappa shape index (κ3) is 4.43. The molecule has 2 aromatic heterocycles. The minimum absolute atomic E-state index is 0.0708. The molecule has 0 aliphatic carbocycles. The number of benzene rings is 1. The summed E-state index contributed by atoms with van der Waals surface area (Å²) in [4.78, 5) is 16.1. The van der Waals surface area contributed by atoms with Crippen LogP contribution in [0.5, 0.6) is 11.5 Å². The van der Waals surface area contributed by atoms with Gasteiger partial charge >= 0.3 is 0 Å². The van der Waals surface area contributed by atoms with Gasteiger partial charge < -0.3 is 19.7 Å². The van der Waals surface area contributed by atoms with E-state index in [-0.39, 0.29) is 11.9 Å². The van der Waals surface area contributed by atoms with Gasteiger partial charge in [0.25, 0.3) is 5.91 Å². The van der Waals surface area contributed by atoms with Gasteiger partial charge in [-0.1, -0.05) is 6.07 Å². The van der Waals surface area contributed by atoms with Gasteiger partial charge in [-0.2, -0.15) is 5.10 Å². The van der Waals surface area contributed by atoms with E-state index in [1.807, 2.05) is 19.9 Å². The van der Waals surface area contributed by atoms with Crippen LogP contribution in [0.4, 0.5) is 5.82 Å². The standard InChI is InChI=1S/C22H26N4O3S/c1-3-28-18-8-7-15(12-19(18)29-4-2)22(27)23-16-9-10-26(14-16)21-13-17(24-25-21)20-6-5-11-30-20/h5-8,11-13,16H,3-4,9-10,14H2,1-2H3,(H,23,27)(H,24,25). The molecule has 3 aromatic rings. The number of nitrogens with one attached hydrogen (secondary N) is 2. The highest BCUT2D eigenvalue weighted by Gasteiger charge is 2.26. The van der Waals surface area contributed by atoms with Crippen molar-refractivity contribution in [3.8, 4) is 22.1 Å². The lowest BCUT2D eigenvalue weighted by atomic mass is 10.1. The smallest absolute Gasteiger partial charge is 0.251 e. The topological polar surface area (TPSA) is 79.5 Å². The molecule has 1 fully saturated rings. The molecule has 1 aliphatic heterocycles. The van der Waals surface area contributed by atoms with Gasteiger partial charge in [0, 0.05) is 30.8 Å². The summed E-state index contributed by atoms with van der Waals surface area (Å²) in [6.45, 7) is 6.48. The Balaban J connectivity index is 1.38. The van der Waals surface area contributed by atoms with Gasteiger partial charge in [-0.15, -0.1) is 11.3 Å². The number of nitrogens with zero attached hydrogens (tertiary/aromatic N) is 2. The Kier molecular flexibility index (Phi) is 6.23. The summed E-state index contributed by atoms with van der Waals surface area (Å²) < 4.78 is 11.2. The fraction of sp³-hybridized carbons (Fsp3) is 0.364. The molecule has 1 saturated heterocycles. The van der Waals surface area contributed by atoms with Crippen molar-refractivity contribution < 1.29 is 14.3 Å². The number of aromatic nitrogens is 2. The van der Waals surface area contributed by atoms with Crippen LogP contribution in [0.1, 0.15) is 30.6 Å². The number of carbonyl (C=O) groups is 1. The van der Waals surface area contributed by atoms with E-state index in [0.717, 1.165) is 31.0 Å². The van der Waals surface area contributed by atoms with Crippen molar-refractivity contribution in [2.45, 2.75) is 26.3 Å². The molecule has 1 aliphatic rings. The minimum Gasteiger partial charge on any atom is -0.490 e. The Morgan fingerprint density at radius 1 is 1.23 bits per heavy atom. The second-order valence-electron chi connectivity index (χ2n) is 7.05. The highest BCUT2D eigenvalue weighted by molar-refractivity contribution is 7.13. The number of amides is 1. The molecule has 0 saturated carbocycles. The second-order valence-corrected chi connectivity index (χ2v) is 8.00. The van der Waals surface area contributed by atoms with E-state index in [1.54, 1.807) is 29.5 Å². The molecule has 1 aromatic carbocycles. The average Bonchev–Trinajstić information content (AvgIpc) is 3.50. The summed E-state index contributed by atoms with van der Waals surface area (Å²) >= 11 is 1.68. The van der Waals surface area contributed by atoms with Crippen molar-refractivity contribution in [2.75, 3.05) is 31.2 Å². The molecular weight excluding hydrogens is 400 g/mol. The summed E-state index contributed by atoms with van der Waals surface area (Å²) in [5.41, 5.74) is 1.59. The van der Waals surface area contributed by atoms with Crippen LogP contribution < -0.4 is 19.7 Å². The number of anilines is 1. The number of carbonyl (C=O) groups excluding carboxylic acids is 1. The molecule has 0 spiro atoms. The predicted octanol–water partition coefficient (Wildman–Crippen LogP) is 3.94. The van der Waals surface area contributed by atoms with Crippen LogP contribution in [-0.2, 0) is 0 Å². The molecule has 1 amide bonds. The number of hydrogen-bond acceptors (Lipinski definition) is 6.